The van der Waals surface area contributed by atoms with Crippen LogP contribution in [0.3, 0.4) is 0 Å². The summed E-state index contributed by atoms with van der Waals surface area (Å²) in [5, 5.41) is 9.01. The van der Waals surface area contributed by atoms with E-state index in [1.165, 1.54) is 25.7 Å². The third-order valence-electron chi connectivity index (χ3n) is 2.93. The number of nitrogens with zero attached hydrogens (tertiary/aromatic N) is 1. The van der Waals surface area contributed by atoms with Crippen molar-refractivity contribution in [3.63, 3.8) is 0 Å². The molecule has 0 rings (SSSR count). The van der Waals surface area contributed by atoms with Crippen molar-refractivity contribution in [2.24, 2.45) is 11.8 Å². The summed E-state index contributed by atoms with van der Waals surface area (Å²) in [5.41, 5.74) is 0. The Bertz CT molecular complexity index is 137. The van der Waals surface area contributed by atoms with Crippen LogP contribution in [0.25, 0.3) is 0 Å². The van der Waals surface area contributed by atoms with Gasteiger partial charge in [-0.15, -0.1) is 12.4 Å². The molecule has 0 spiro atoms. The fourth-order valence-electron chi connectivity index (χ4n) is 1.92. The maximum atomic E-state index is 9.01. The minimum Gasteiger partial charge on any atom is -0.395 e. The topological polar surface area (TPSA) is 23.5 Å². The molecule has 0 atom stereocenters. The maximum absolute atomic E-state index is 9.01. The first-order valence-corrected chi connectivity index (χ1v) is 6.89. The number of hydrogen-bond donors (Lipinski definition) is 1. The molecule has 0 aliphatic carbocycles. The van der Waals surface area contributed by atoms with Gasteiger partial charge in [-0.3, -0.25) is 0 Å². The van der Waals surface area contributed by atoms with Gasteiger partial charge in [-0.1, -0.05) is 27.7 Å². The van der Waals surface area contributed by atoms with Crippen molar-refractivity contribution in [2.75, 3.05) is 26.2 Å². The lowest BCUT2D eigenvalue weighted by molar-refractivity contribution is 0.187. The third kappa shape index (κ3) is 14.1. The minimum atomic E-state index is 0. The molecule has 0 unspecified atom stereocenters. The summed E-state index contributed by atoms with van der Waals surface area (Å²) in [7, 11) is 0. The number of aliphatic hydroxyl groups is 1. The van der Waals surface area contributed by atoms with E-state index in [0.717, 1.165) is 31.5 Å². The number of aliphatic hydroxyl groups excluding tert-OH is 1. The lowest BCUT2D eigenvalue weighted by Gasteiger charge is -2.22. The molecule has 106 valence electrons. The molecule has 0 aromatic rings. The molecule has 0 radical (unpaired) electrons. The zero-order valence-corrected chi connectivity index (χ0v) is 12.9. The summed E-state index contributed by atoms with van der Waals surface area (Å²) in [5.74, 6) is 1.60. The minimum absolute atomic E-state index is 0. The Morgan fingerprint density at radius 3 is 1.53 bits per heavy atom. The van der Waals surface area contributed by atoms with E-state index in [4.69, 9.17) is 5.11 Å². The first kappa shape index (κ1) is 19.5. The zero-order valence-electron chi connectivity index (χ0n) is 12.1. The molecule has 0 aromatic carbocycles. The van der Waals surface area contributed by atoms with Crippen LogP contribution < -0.4 is 0 Å². The van der Waals surface area contributed by atoms with Crippen LogP contribution in [0.1, 0.15) is 53.4 Å². The fourth-order valence-corrected chi connectivity index (χ4v) is 1.92. The highest BCUT2D eigenvalue weighted by Gasteiger charge is 2.05. The quantitative estimate of drug-likeness (QED) is 0.653. The molecular weight excluding hydrogens is 234 g/mol. The number of rotatable bonds is 10. The summed E-state index contributed by atoms with van der Waals surface area (Å²) < 4.78 is 0. The first-order chi connectivity index (χ1) is 7.56. The monoisotopic (exact) mass is 265 g/mol. The van der Waals surface area contributed by atoms with Crippen molar-refractivity contribution >= 4 is 12.4 Å². The maximum Gasteiger partial charge on any atom is 0.0558 e. The molecule has 0 saturated carbocycles. The van der Waals surface area contributed by atoms with E-state index < -0.39 is 0 Å². The van der Waals surface area contributed by atoms with Crippen LogP contribution in [0.15, 0.2) is 0 Å². The average Bonchev–Trinajstić information content (AvgIpc) is 2.16. The largest absolute Gasteiger partial charge is 0.395 e. The SMILES string of the molecule is CC(C)CCCN(CCO)CCCC(C)C.Cl. The third-order valence-corrected chi connectivity index (χ3v) is 2.93. The van der Waals surface area contributed by atoms with Crippen molar-refractivity contribution in [2.45, 2.75) is 53.4 Å². The first-order valence-electron chi connectivity index (χ1n) is 6.89. The van der Waals surface area contributed by atoms with Gasteiger partial charge in [-0.05, 0) is 50.6 Å². The molecule has 1 N–H and O–H groups in total. The Balaban J connectivity index is 0. The lowest BCUT2D eigenvalue weighted by Crippen LogP contribution is -2.29. The van der Waals surface area contributed by atoms with Crippen LogP contribution in [0.5, 0.6) is 0 Å². The molecule has 0 fully saturated rings. The van der Waals surface area contributed by atoms with Crippen molar-refractivity contribution in [3.8, 4) is 0 Å². The molecule has 0 saturated heterocycles. The van der Waals surface area contributed by atoms with Crippen LogP contribution in [-0.4, -0.2) is 36.2 Å². The molecule has 0 aromatic heterocycles. The highest BCUT2D eigenvalue weighted by molar-refractivity contribution is 5.85. The summed E-state index contributed by atoms with van der Waals surface area (Å²) in [6, 6.07) is 0. The molecule has 0 aliphatic rings. The van der Waals surface area contributed by atoms with Gasteiger partial charge >= 0.3 is 0 Å². The molecular formula is C14H32ClNO. The van der Waals surface area contributed by atoms with E-state index in [1.54, 1.807) is 0 Å². The van der Waals surface area contributed by atoms with Crippen LogP contribution in [0.2, 0.25) is 0 Å². The molecule has 2 nitrogen and oxygen atoms in total. The summed E-state index contributed by atoms with van der Waals surface area (Å²) in [6.07, 6.45) is 5.12. The van der Waals surface area contributed by atoms with Crippen LogP contribution in [0.4, 0.5) is 0 Å². The van der Waals surface area contributed by atoms with Gasteiger partial charge in [0.05, 0.1) is 6.61 Å². The standard InChI is InChI=1S/C14H31NO.ClH/c1-13(2)7-5-9-15(11-12-16)10-6-8-14(3)4;/h13-14,16H,5-12H2,1-4H3;1H. The smallest absolute Gasteiger partial charge is 0.0558 e. The van der Waals surface area contributed by atoms with E-state index in [1.807, 2.05) is 0 Å². The van der Waals surface area contributed by atoms with E-state index in [-0.39, 0.29) is 12.4 Å². The van der Waals surface area contributed by atoms with Crippen molar-refractivity contribution < 1.29 is 5.11 Å². The second kappa shape index (κ2) is 12.7. The normalized spacial score (nSPS) is 11.3. The molecule has 0 bridgehead atoms. The Labute approximate surface area is 114 Å². The average molecular weight is 266 g/mol. The van der Waals surface area contributed by atoms with Gasteiger partial charge in [0.25, 0.3) is 0 Å². The predicted molar refractivity (Wildman–Crippen MR) is 78.9 cm³/mol. The van der Waals surface area contributed by atoms with E-state index in [0.29, 0.717) is 6.61 Å². The van der Waals surface area contributed by atoms with Gasteiger partial charge in [-0.2, -0.15) is 0 Å². The van der Waals surface area contributed by atoms with Gasteiger partial charge in [-0.25, -0.2) is 0 Å². The highest BCUT2D eigenvalue weighted by atomic mass is 35.5. The van der Waals surface area contributed by atoms with Crippen molar-refractivity contribution in [1.29, 1.82) is 0 Å². The molecule has 0 aliphatic heterocycles. The molecule has 3 heteroatoms. The van der Waals surface area contributed by atoms with Crippen molar-refractivity contribution in [1.82, 2.24) is 4.90 Å². The van der Waals surface area contributed by atoms with Gasteiger partial charge in [0, 0.05) is 6.54 Å². The van der Waals surface area contributed by atoms with E-state index in [2.05, 4.69) is 32.6 Å². The fraction of sp³-hybridized carbons (Fsp3) is 1.00. The molecule has 17 heavy (non-hydrogen) atoms. The Morgan fingerprint density at radius 1 is 0.824 bits per heavy atom. The van der Waals surface area contributed by atoms with Crippen LogP contribution >= 0.6 is 12.4 Å². The summed E-state index contributed by atoms with van der Waals surface area (Å²) in [6.45, 7) is 12.5. The Morgan fingerprint density at radius 2 is 1.24 bits per heavy atom. The summed E-state index contributed by atoms with van der Waals surface area (Å²) in [4.78, 5) is 2.41. The zero-order chi connectivity index (χ0) is 12.4. The molecule has 0 amide bonds. The molecule has 0 heterocycles. The predicted octanol–water partition coefficient (Wildman–Crippen LogP) is 3.57. The van der Waals surface area contributed by atoms with Crippen LogP contribution in [0, 0.1) is 11.8 Å². The Kier molecular flexibility index (Phi) is 14.6. The summed E-state index contributed by atoms with van der Waals surface area (Å²) >= 11 is 0. The van der Waals surface area contributed by atoms with Gasteiger partial charge in [0.15, 0.2) is 0 Å². The highest BCUT2D eigenvalue weighted by Crippen LogP contribution is 2.08. The van der Waals surface area contributed by atoms with E-state index in [9.17, 15) is 0 Å². The van der Waals surface area contributed by atoms with Gasteiger partial charge in [0.1, 0.15) is 0 Å². The number of hydrogen-bond acceptors (Lipinski definition) is 2. The second-order valence-corrected chi connectivity index (χ2v) is 5.64. The Hall–Kier alpha value is 0.210. The van der Waals surface area contributed by atoms with E-state index >= 15 is 0 Å². The van der Waals surface area contributed by atoms with Crippen molar-refractivity contribution in [3.05, 3.63) is 0 Å². The van der Waals surface area contributed by atoms with Crippen LogP contribution in [-0.2, 0) is 0 Å². The lowest BCUT2D eigenvalue weighted by atomic mass is 10.1. The second-order valence-electron chi connectivity index (χ2n) is 5.64. The number of halogens is 1. The van der Waals surface area contributed by atoms with Gasteiger partial charge in [0.2, 0.25) is 0 Å². The van der Waals surface area contributed by atoms with Gasteiger partial charge < -0.3 is 10.0 Å².